The van der Waals surface area contributed by atoms with Gasteiger partial charge in [-0.3, -0.25) is 0 Å². The van der Waals surface area contributed by atoms with Crippen molar-refractivity contribution in [2.45, 2.75) is 64.7 Å². The summed E-state index contributed by atoms with van der Waals surface area (Å²) in [5.74, 6) is 0.596. The van der Waals surface area contributed by atoms with Crippen LogP contribution in [0.5, 0.6) is 0 Å². The Balaban J connectivity index is 2.72. The second-order valence-electron chi connectivity index (χ2n) is 5.65. The fourth-order valence-corrected chi connectivity index (χ4v) is 2.54. The molecule has 0 aromatic rings. The van der Waals surface area contributed by atoms with Crippen LogP contribution in [-0.2, 0) is 4.74 Å². The van der Waals surface area contributed by atoms with Crippen LogP contribution >= 0.6 is 0 Å². The SMILES string of the molecule is C[C@H](N)C1CC(C)(C)OC(C)(C)C1. The van der Waals surface area contributed by atoms with E-state index in [4.69, 9.17) is 10.5 Å². The van der Waals surface area contributed by atoms with Crippen molar-refractivity contribution in [3.05, 3.63) is 0 Å². The smallest absolute Gasteiger partial charge is 0.0637 e. The molecule has 1 atom stereocenters. The Morgan fingerprint density at radius 3 is 1.85 bits per heavy atom. The summed E-state index contributed by atoms with van der Waals surface area (Å²) in [6.07, 6.45) is 2.15. The van der Waals surface area contributed by atoms with Gasteiger partial charge in [-0.25, -0.2) is 0 Å². The molecule has 2 heteroatoms. The number of nitrogens with two attached hydrogens (primary N) is 1. The van der Waals surface area contributed by atoms with Crippen LogP contribution in [0.4, 0.5) is 0 Å². The Hall–Kier alpha value is -0.0800. The third kappa shape index (κ3) is 2.96. The van der Waals surface area contributed by atoms with E-state index in [0.717, 1.165) is 12.8 Å². The average molecular weight is 185 g/mol. The normalized spacial score (nSPS) is 30.0. The van der Waals surface area contributed by atoms with E-state index in [0.29, 0.717) is 5.92 Å². The standard InChI is InChI=1S/C11H23NO/c1-8(12)9-6-10(2,3)13-11(4,5)7-9/h8-9H,6-7,12H2,1-5H3/t8-/m0/s1. The van der Waals surface area contributed by atoms with Crippen LogP contribution in [-0.4, -0.2) is 17.2 Å². The lowest BCUT2D eigenvalue weighted by Crippen LogP contribution is -2.49. The highest BCUT2D eigenvalue weighted by Crippen LogP contribution is 2.39. The van der Waals surface area contributed by atoms with Gasteiger partial charge in [0.05, 0.1) is 11.2 Å². The highest BCUT2D eigenvalue weighted by atomic mass is 16.5. The molecule has 2 nitrogen and oxygen atoms in total. The second kappa shape index (κ2) is 3.25. The van der Waals surface area contributed by atoms with Gasteiger partial charge in [-0.05, 0) is 53.4 Å². The molecule has 1 heterocycles. The fraction of sp³-hybridized carbons (Fsp3) is 1.00. The third-order valence-electron chi connectivity index (χ3n) is 2.80. The summed E-state index contributed by atoms with van der Waals surface area (Å²) in [4.78, 5) is 0. The number of rotatable bonds is 1. The van der Waals surface area contributed by atoms with Gasteiger partial charge in [0, 0.05) is 6.04 Å². The van der Waals surface area contributed by atoms with Crippen LogP contribution in [0.1, 0.15) is 47.5 Å². The zero-order valence-electron chi connectivity index (χ0n) is 9.55. The van der Waals surface area contributed by atoms with Crippen LogP contribution in [0.15, 0.2) is 0 Å². The van der Waals surface area contributed by atoms with Crippen LogP contribution in [0, 0.1) is 5.92 Å². The van der Waals surface area contributed by atoms with Gasteiger partial charge < -0.3 is 10.5 Å². The highest BCUT2D eigenvalue weighted by molar-refractivity contribution is 4.90. The van der Waals surface area contributed by atoms with Crippen molar-refractivity contribution in [3.63, 3.8) is 0 Å². The molecule has 0 aromatic carbocycles. The Labute approximate surface area is 81.8 Å². The first kappa shape index (κ1) is 11.0. The van der Waals surface area contributed by atoms with Crippen LogP contribution in [0.2, 0.25) is 0 Å². The maximum absolute atomic E-state index is 5.99. The van der Waals surface area contributed by atoms with E-state index in [-0.39, 0.29) is 17.2 Å². The van der Waals surface area contributed by atoms with Gasteiger partial charge in [-0.15, -0.1) is 0 Å². The van der Waals surface area contributed by atoms with Crippen molar-refractivity contribution in [2.24, 2.45) is 11.7 Å². The van der Waals surface area contributed by atoms with Gasteiger partial charge in [-0.1, -0.05) is 0 Å². The summed E-state index contributed by atoms with van der Waals surface area (Å²) >= 11 is 0. The molecule has 1 rings (SSSR count). The molecule has 1 saturated heterocycles. The summed E-state index contributed by atoms with van der Waals surface area (Å²) in [5.41, 5.74) is 5.93. The zero-order valence-corrected chi connectivity index (χ0v) is 9.55. The van der Waals surface area contributed by atoms with Gasteiger partial charge in [0.15, 0.2) is 0 Å². The van der Waals surface area contributed by atoms with Crippen molar-refractivity contribution in [3.8, 4) is 0 Å². The second-order valence-corrected chi connectivity index (χ2v) is 5.65. The van der Waals surface area contributed by atoms with Crippen molar-refractivity contribution in [1.82, 2.24) is 0 Å². The van der Waals surface area contributed by atoms with E-state index in [1.165, 1.54) is 0 Å². The van der Waals surface area contributed by atoms with Crippen LogP contribution < -0.4 is 5.73 Å². The fourth-order valence-electron chi connectivity index (χ4n) is 2.54. The van der Waals surface area contributed by atoms with Gasteiger partial charge in [0.1, 0.15) is 0 Å². The topological polar surface area (TPSA) is 35.2 Å². The number of ether oxygens (including phenoxy) is 1. The Morgan fingerprint density at radius 1 is 1.15 bits per heavy atom. The first-order chi connectivity index (χ1) is 5.72. The summed E-state index contributed by atoms with van der Waals surface area (Å²) in [6.45, 7) is 10.7. The predicted molar refractivity (Wildman–Crippen MR) is 55.6 cm³/mol. The molecule has 0 amide bonds. The lowest BCUT2D eigenvalue weighted by atomic mass is 9.78. The molecule has 0 aromatic heterocycles. The largest absolute Gasteiger partial charge is 0.370 e. The molecule has 0 aliphatic carbocycles. The lowest BCUT2D eigenvalue weighted by Gasteiger charge is -2.46. The Bertz CT molecular complexity index is 169. The van der Waals surface area contributed by atoms with Gasteiger partial charge in [0.25, 0.3) is 0 Å². The molecule has 1 aliphatic rings. The summed E-state index contributed by atoms with van der Waals surface area (Å²) < 4.78 is 5.99. The van der Waals surface area contributed by atoms with Gasteiger partial charge >= 0.3 is 0 Å². The third-order valence-corrected chi connectivity index (χ3v) is 2.80. The molecule has 1 fully saturated rings. The highest BCUT2D eigenvalue weighted by Gasteiger charge is 2.40. The Kier molecular flexibility index (Phi) is 2.75. The maximum atomic E-state index is 5.99. The molecule has 0 spiro atoms. The molecule has 0 saturated carbocycles. The molecular weight excluding hydrogens is 162 g/mol. The monoisotopic (exact) mass is 185 g/mol. The number of hydrogen-bond donors (Lipinski definition) is 1. The molecular formula is C11H23NO. The number of hydrogen-bond acceptors (Lipinski definition) is 2. The molecule has 0 bridgehead atoms. The molecule has 0 unspecified atom stereocenters. The molecule has 78 valence electrons. The minimum absolute atomic E-state index is 0.0138. The van der Waals surface area contributed by atoms with E-state index < -0.39 is 0 Å². The molecule has 13 heavy (non-hydrogen) atoms. The van der Waals surface area contributed by atoms with Gasteiger partial charge in [0.2, 0.25) is 0 Å². The van der Waals surface area contributed by atoms with E-state index in [2.05, 4.69) is 34.6 Å². The van der Waals surface area contributed by atoms with E-state index in [9.17, 15) is 0 Å². The molecule has 2 N–H and O–H groups in total. The van der Waals surface area contributed by atoms with Crippen molar-refractivity contribution < 1.29 is 4.74 Å². The quantitative estimate of drug-likeness (QED) is 0.680. The lowest BCUT2D eigenvalue weighted by molar-refractivity contribution is -0.174. The summed E-state index contributed by atoms with van der Waals surface area (Å²) in [7, 11) is 0. The van der Waals surface area contributed by atoms with Crippen LogP contribution in [0.25, 0.3) is 0 Å². The van der Waals surface area contributed by atoms with E-state index >= 15 is 0 Å². The van der Waals surface area contributed by atoms with E-state index in [1.54, 1.807) is 0 Å². The summed E-state index contributed by atoms with van der Waals surface area (Å²) in [5, 5.41) is 0. The van der Waals surface area contributed by atoms with Crippen molar-refractivity contribution in [1.29, 1.82) is 0 Å². The van der Waals surface area contributed by atoms with Crippen molar-refractivity contribution in [2.75, 3.05) is 0 Å². The predicted octanol–water partition coefficient (Wildman–Crippen LogP) is 2.32. The average Bonchev–Trinajstić information content (AvgIpc) is 1.79. The first-order valence-electron chi connectivity index (χ1n) is 5.18. The van der Waals surface area contributed by atoms with Crippen LogP contribution in [0.3, 0.4) is 0 Å². The Morgan fingerprint density at radius 2 is 1.54 bits per heavy atom. The maximum Gasteiger partial charge on any atom is 0.0637 e. The molecule has 1 aliphatic heterocycles. The van der Waals surface area contributed by atoms with Gasteiger partial charge in [-0.2, -0.15) is 0 Å². The first-order valence-corrected chi connectivity index (χ1v) is 5.18. The minimum Gasteiger partial charge on any atom is -0.370 e. The zero-order chi connectivity index (χ0) is 10.3. The summed E-state index contributed by atoms with van der Waals surface area (Å²) in [6, 6.07) is 0.280. The van der Waals surface area contributed by atoms with E-state index in [1.807, 2.05) is 0 Å². The van der Waals surface area contributed by atoms with Crippen molar-refractivity contribution >= 4 is 0 Å². The minimum atomic E-state index is -0.0138. The molecule has 0 radical (unpaired) electrons.